The summed E-state index contributed by atoms with van der Waals surface area (Å²) >= 11 is 6.29. The molecule has 0 radical (unpaired) electrons. The van der Waals surface area contributed by atoms with Gasteiger partial charge in [-0.3, -0.25) is 4.72 Å². The number of sulfonamides is 1. The Kier molecular flexibility index (Phi) is 6.36. The van der Waals surface area contributed by atoms with Gasteiger partial charge >= 0.3 is 0 Å². The molecule has 5 heteroatoms. The molecule has 0 amide bonds. The van der Waals surface area contributed by atoms with Gasteiger partial charge in [-0.15, -0.1) is 5.73 Å². The van der Waals surface area contributed by atoms with Crippen molar-refractivity contribution in [3.63, 3.8) is 0 Å². The van der Waals surface area contributed by atoms with E-state index >= 15 is 0 Å². The summed E-state index contributed by atoms with van der Waals surface area (Å²) < 4.78 is 28.3. The highest BCUT2D eigenvalue weighted by Gasteiger charge is 2.18. The van der Waals surface area contributed by atoms with Crippen LogP contribution in [0.3, 0.4) is 0 Å². The summed E-state index contributed by atoms with van der Waals surface area (Å²) in [4.78, 5) is 0.233. The molecule has 3 nitrogen and oxygen atoms in total. The van der Waals surface area contributed by atoms with E-state index in [4.69, 9.17) is 11.6 Å². The number of hydrogen-bond donors (Lipinski definition) is 1. The van der Waals surface area contributed by atoms with Crippen LogP contribution in [-0.4, -0.2) is 8.42 Å². The molecule has 174 valence electrons. The molecular weight excluding hydrogens is 474 g/mol. The lowest BCUT2D eigenvalue weighted by Gasteiger charge is -2.10. The van der Waals surface area contributed by atoms with Gasteiger partial charge in [-0.25, -0.2) is 8.42 Å². The van der Waals surface area contributed by atoms with Crippen LogP contribution in [0.15, 0.2) is 102 Å². The number of hydrogen-bond acceptors (Lipinski definition) is 2. The number of nitrogens with one attached hydrogen (secondary N) is 1. The molecule has 0 aliphatic heterocycles. The maximum absolute atomic E-state index is 12.8. The van der Waals surface area contributed by atoms with Gasteiger partial charge in [-0.1, -0.05) is 71.8 Å². The smallest absolute Gasteiger partial charge is 0.261 e. The maximum Gasteiger partial charge on any atom is 0.261 e. The van der Waals surface area contributed by atoms with Crippen molar-refractivity contribution in [2.24, 2.45) is 0 Å². The molecule has 0 aromatic heterocycles. The molecule has 0 unspecified atom stereocenters. The average molecular weight is 498 g/mol. The van der Waals surface area contributed by atoms with Crippen LogP contribution in [0.25, 0.3) is 11.6 Å². The highest BCUT2D eigenvalue weighted by atomic mass is 35.5. The second kappa shape index (κ2) is 9.59. The van der Waals surface area contributed by atoms with Crippen molar-refractivity contribution in [2.75, 3.05) is 4.72 Å². The van der Waals surface area contributed by atoms with Gasteiger partial charge in [-0.05, 0) is 90.1 Å². The molecule has 0 spiro atoms. The number of halogens is 1. The van der Waals surface area contributed by atoms with Crippen LogP contribution in [0, 0.1) is 6.92 Å². The number of fused-ring (bicyclic) bond motifs is 2. The van der Waals surface area contributed by atoms with E-state index < -0.39 is 10.0 Å². The van der Waals surface area contributed by atoms with Crippen LogP contribution in [0.2, 0.25) is 5.02 Å². The Labute approximate surface area is 211 Å². The lowest BCUT2D eigenvalue weighted by Crippen LogP contribution is -2.12. The van der Waals surface area contributed by atoms with Gasteiger partial charge < -0.3 is 0 Å². The zero-order chi connectivity index (χ0) is 24.4. The predicted molar refractivity (Wildman–Crippen MR) is 144 cm³/mol. The van der Waals surface area contributed by atoms with Crippen molar-refractivity contribution in [1.82, 2.24) is 0 Å². The van der Waals surface area contributed by atoms with Crippen LogP contribution < -0.4 is 4.72 Å². The first-order chi connectivity index (χ1) is 16.9. The number of benzene rings is 4. The molecule has 4 aromatic carbocycles. The Morgan fingerprint density at radius 3 is 2.40 bits per heavy atom. The average Bonchev–Trinajstić information content (AvgIpc) is 2.99. The normalized spacial score (nSPS) is 12.7. The fraction of sp³-hybridized carbons (Fsp3) is 0.100. The topological polar surface area (TPSA) is 46.2 Å². The summed E-state index contributed by atoms with van der Waals surface area (Å²) in [6, 6.07) is 28.5. The molecule has 5 rings (SSSR count). The summed E-state index contributed by atoms with van der Waals surface area (Å²) in [5.41, 5.74) is 11.6. The number of rotatable bonds is 4. The summed E-state index contributed by atoms with van der Waals surface area (Å²) in [5.74, 6) is 0. The SMILES string of the molecule is Cc1ccc(S(=O)(=O)Nc2cccc(C=C=C3c4ccccc4CCc4cc(Cl)ccc43)c2)cc1. The fourth-order valence-corrected chi connectivity index (χ4v) is 5.59. The van der Waals surface area contributed by atoms with Crippen LogP contribution in [0.1, 0.15) is 33.4 Å². The van der Waals surface area contributed by atoms with Gasteiger partial charge in [0.05, 0.1) is 4.90 Å². The Hall–Kier alpha value is -3.56. The monoisotopic (exact) mass is 497 g/mol. The molecule has 0 saturated heterocycles. The molecule has 0 fully saturated rings. The van der Waals surface area contributed by atoms with Crippen molar-refractivity contribution in [3.8, 4) is 0 Å². The molecule has 35 heavy (non-hydrogen) atoms. The second-order valence-corrected chi connectivity index (χ2v) is 10.8. The fourth-order valence-electron chi connectivity index (χ4n) is 4.34. The zero-order valence-corrected chi connectivity index (χ0v) is 20.8. The maximum atomic E-state index is 12.8. The van der Waals surface area contributed by atoms with E-state index in [0.29, 0.717) is 5.69 Å². The van der Waals surface area contributed by atoms with Crippen molar-refractivity contribution < 1.29 is 8.42 Å². The molecule has 0 saturated carbocycles. The van der Waals surface area contributed by atoms with Crippen LogP contribution >= 0.6 is 11.6 Å². The van der Waals surface area contributed by atoms with Gasteiger partial charge in [0.1, 0.15) is 0 Å². The van der Waals surface area contributed by atoms with Gasteiger partial charge in [0.2, 0.25) is 0 Å². The zero-order valence-electron chi connectivity index (χ0n) is 19.3. The third kappa shape index (κ3) is 5.11. The largest absolute Gasteiger partial charge is 0.280 e. The van der Waals surface area contributed by atoms with E-state index in [9.17, 15) is 8.42 Å². The van der Waals surface area contributed by atoms with E-state index in [1.165, 1.54) is 11.1 Å². The standard InChI is InChI=1S/C30H24ClNO2S/c1-21-9-15-27(16-10-21)35(33,34)32-26-7-4-5-22(19-26)11-17-30-28-8-3-2-6-23(28)12-13-24-20-25(31)14-18-29(24)30/h2-11,14-16,18-20,32H,12-13H2,1H3. The van der Waals surface area contributed by atoms with Gasteiger partial charge in [0.25, 0.3) is 10.0 Å². The van der Waals surface area contributed by atoms with E-state index in [2.05, 4.69) is 34.7 Å². The minimum Gasteiger partial charge on any atom is -0.280 e. The Morgan fingerprint density at radius 2 is 1.57 bits per heavy atom. The minimum absolute atomic E-state index is 0.233. The summed E-state index contributed by atoms with van der Waals surface area (Å²) in [5, 5.41) is 0.728. The van der Waals surface area contributed by atoms with Gasteiger partial charge in [0.15, 0.2) is 0 Å². The Bertz CT molecular complexity index is 1580. The summed E-state index contributed by atoms with van der Waals surface area (Å²) in [7, 11) is -3.67. The minimum atomic E-state index is -3.67. The van der Waals surface area contributed by atoms with Crippen LogP contribution in [0.5, 0.6) is 0 Å². The number of anilines is 1. The van der Waals surface area contributed by atoms with Crippen molar-refractivity contribution in [2.45, 2.75) is 24.7 Å². The molecule has 0 atom stereocenters. The third-order valence-electron chi connectivity index (χ3n) is 6.14. The van der Waals surface area contributed by atoms with Gasteiger partial charge in [0, 0.05) is 16.3 Å². The van der Waals surface area contributed by atoms with Crippen molar-refractivity contribution in [1.29, 1.82) is 0 Å². The van der Waals surface area contributed by atoms with Crippen molar-refractivity contribution in [3.05, 3.63) is 135 Å². The van der Waals surface area contributed by atoms with Crippen LogP contribution in [0.4, 0.5) is 5.69 Å². The Morgan fingerprint density at radius 1 is 0.829 bits per heavy atom. The summed E-state index contributed by atoms with van der Waals surface area (Å²) in [6.07, 6.45) is 3.75. The third-order valence-corrected chi connectivity index (χ3v) is 7.77. The lowest BCUT2D eigenvalue weighted by atomic mass is 9.94. The lowest BCUT2D eigenvalue weighted by molar-refractivity contribution is 0.601. The predicted octanol–water partition coefficient (Wildman–Crippen LogP) is 7.29. The molecule has 1 N–H and O–H groups in total. The highest BCUT2D eigenvalue weighted by molar-refractivity contribution is 7.92. The van der Waals surface area contributed by atoms with Crippen LogP contribution in [-0.2, 0) is 22.9 Å². The molecule has 1 aliphatic carbocycles. The Balaban J connectivity index is 1.54. The van der Waals surface area contributed by atoms with Crippen molar-refractivity contribution >= 4 is 39.0 Å². The highest BCUT2D eigenvalue weighted by Crippen LogP contribution is 2.34. The van der Waals surface area contributed by atoms with E-state index in [-0.39, 0.29) is 4.90 Å². The van der Waals surface area contributed by atoms with E-state index in [1.54, 1.807) is 30.3 Å². The number of aryl methyl sites for hydroxylation is 3. The van der Waals surface area contributed by atoms with E-state index in [0.717, 1.165) is 45.7 Å². The molecule has 0 bridgehead atoms. The quantitative estimate of drug-likeness (QED) is 0.301. The molecule has 0 heterocycles. The first-order valence-corrected chi connectivity index (χ1v) is 13.3. The first-order valence-electron chi connectivity index (χ1n) is 11.4. The molecular formula is C30H24ClNO2S. The first kappa shape index (κ1) is 23.2. The van der Waals surface area contributed by atoms with Gasteiger partial charge in [-0.2, -0.15) is 0 Å². The second-order valence-electron chi connectivity index (χ2n) is 8.67. The molecule has 4 aromatic rings. The summed E-state index contributed by atoms with van der Waals surface area (Å²) in [6.45, 7) is 1.92. The molecule has 1 aliphatic rings. The van der Waals surface area contributed by atoms with E-state index in [1.807, 2.05) is 49.4 Å².